The van der Waals surface area contributed by atoms with Crippen molar-refractivity contribution in [3.8, 4) is 0 Å². The number of hydrogen-bond donors (Lipinski definition) is 1. The molecule has 0 aliphatic heterocycles. The van der Waals surface area contributed by atoms with Gasteiger partial charge in [0.1, 0.15) is 0 Å². The van der Waals surface area contributed by atoms with Gasteiger partial charge in [-0.15, -0.1) is 0 Å². The molecule has 1 amide bonds. The molecule has 0 bridgehead atoms. The fraction of sp³-hybridized carbons (Fsp3) is 0.750. The molecule has 0 aromatic rings. The van der Waals surface area contributed by atoms with E-state index in [1.54, 1.807) is 11.8 Å². The molecule has 16 heavy (non-hydrogen) atoms. The summed E-state index contributed by atoms with van der Waals surface area (Å²) in [7, 11) is 0. The van der Waals surface area contributed by atoms with Crippen LogP contribution < -0.4 is 5.73 Å². The van der Waals surface area contributed by atoms with E-state index < -0.39 is 0 Å². The third kappa shape index (κ3) is 7.77. The molecule has 4 heteroatoms. The highest BCUT2D eigenvalue weighted by atomic mass is 32.2. The predicted molar refractivity (Wildman–Crippen MR) is 72.7 cm³/mol. The molecule has 0 saturated carbocycles. The zero-order valence-electron chi connectivity index (χ0n) is 10.9. The lowest BCUT2D eigenvalue weighted by Gasteiger charge is -2.22. The van der Waals surface area contributed by atoms with E-state index in [-0.39, 0.29) is 11.4 Å². The number of rotatable bonds is 7. The SMILES string of the molecule is C=C(C)CN(CC)C(=O)CSCC(C)(C)N. The number of nitrogens with zero attached hydrogens (tertiary/aromatic N) is 1. The van der Waals surface area contributed by atoms with Crippen LogP contribution in [0.5, 0.6) is 0 Å². The lowest BCUT2D eigenvalue weighted by molar-refractivity contribution is -0.127. The van der Waals surface area contributed by atoms with Gasteiger partial charge in [0.05, 0.1) is 5.75 Å². The van der Waals surface area contributed by atoms with Gasteiger partial charge in [0.25, 0.3) is 0 Å². The standard InChI is InChI=1S/C12H24N2OS/c1-6-14(7-10(2)3)11(15)8-16-9-12(4,5)13/h2,6-9,13H2,1,3-5H3. The maximum absolute atomic E-state index is 11.8. The van der Waals surface area contributed by atoms with Crippen LogP contribution in [-0.4, -0.2) is 40.9 Å². The Labute approximate surface area is 103 Å². The minimum absolute atomic E-state index is 0.166. The van der Waals surface area contributed by atoms with E-state index in [0.717, 1.165) is 17.9 Å². The Kier molecular flexibility index (Phi) is 6.76. The lowest BCUT2D eigenvalue weighted by atomic mass is 10.1. The number of likely N-dealkylation sites (N-methyl/N-ethyl adjacent to an activating group) is 1. The van der Waals surface area contributed by atoms with Crippen molar-refractivity contribution in [2.75, 3.05) is 24.6 Å². The molecule has 0 aromatic carbocycles. The second-order valence-corrected chi connectivity index (χ2v) is 5.83. The minimum atomic E-state index is -0.212. The van der Waals surface area contributed by atoms with E-state index in [2.05, 4.69) is 6.58 Å². The summed E-state index contributed by atoms with van der Waals surface area (Å²) < 4.78 is 0. The first-order valence-corrected chi connectivity index (χ1v) is 6.70. The molecule has 0 heterocycles. The van der Waals surface area contributed by atoms with Crippen molar-refractivity contribution in [1.82, 2.24) is 4.90 Å². The number of amides is 1. The Hall–Kier alpha value is -0.480. The van der Waals surface area contributed by atoms with Crippen LogP contribution in [0.3, 0.4) is 0 Å². The number of carbonyl (C=O) groups excluding carboxylic acids is 1. The number of hydrogen-bond acceptors (Lipinski definition) is 3. The highest BCUT2D eigenvalue weighted by molar-refractivity contribution is 8.00. The van der Waals surface area contributed by atoms with Gasteiger partial charge in [-0.2, -0.15) is 11.8 Å². The molecule has 0 rings (SSSR count). The van der Waals surface area contributed by atoms with Gasteiger partial charge in [-0.1, -0.05) is 12.2 Å². The van der Waals surface area contributed by atoms with Crippen LogP contribution in [0.1, 0.15) is 27.7 Å². The summed E-state index contributed by atoms with van der Waals surface area (Å²) in [6.45, 7) is 13.1. The van der Waals surface area contributed by atoms with Crippen LogP contribution in [0.4, 0.5) is 0 Å². The van der Waals surface area contributed by atoms with Crippen LogP contribution in [0.15, 0.2) is 12.2 Å². The third-order valence-electron chi connectivity index (χ3n) is 1.89. The van der Waals surface area contributed by atoms with Crippen molar-refractivity contribution in [2.45, 2.75) is 33.2 Å². The largest absolute Gasteiger partial charge is 0.338 e. The Morgan fingerprint density at radius 2 is 2.06 bits per heavy atom. The quantitative estimate of drug-likeness (QED) is 0.696. The minimum Gasteiger partial charge on any atom is -0.338 e. The molecule has 0 saturated heterocycles. The van der Waals surface area contributed by atoms with Gasteiger partial charge < -0.3 is 10.6 Å². The second-order valence-electron chi connectivity index (χ2n) is 4.85. The Bertz CT molecular complexity index is 246. The Morgan fingerprint density at radius 1 is 1.50 bits per heavy atom. The van der Waals surface area contributed by atoms with E-state index in [1.807, 2.05) is 32.6 Å². The smallest absolute Gasteiger partial charge is 0.232 e. The molecule has 2 N–H and O–H groups in total. The van der Waals surface area contributed by atoms with Crippen molar-refractivity contribution in [3.05, 3.63) is 12.2 Å². The summed E-state index contributed by atoms with van der Waals surface area (Å²) in [5, 5.41) is 0. The average molecular weight is 244 g/mol. The number of nitrogens with two attached hydrogens (primary N) is 1. The molecule has 0 fully saturated rings. The third-order valence-corrected chi connectivity index (χ3v) is 3.29. The average Bonchev–Trinajstić information content (AvgIpc) is 2.11. The van der Waals surface area contributed by atoms with Gasteiger partial charge in [0.2, 0.25) is 5.91 Å². The summed E-state index contributed by atoms with van der Waals surface area (Å²) in [5.41, 5.74) is 6.65. The fourth-order valence-electron chi connectivity index (χ4n) is 1.19. The van der Waals surface area contributed by atoms with Crippen LogP contribution in [0, 0.1) is 0 Å². The molecule has 3 nitrogen and oxygen atoms in total. The molecule has 94 valence electrons. The van der Waals surface area contributed by atoms with Crippen molar-refractivity contribution in [3.63, 3.8) is 0 Å². The number of thioether (sulfide) groups is 1. The van der Waals surface area contributed by atoms with Crippen molar-refractivity contribution < 1.29 is 4.79 Å². The zero-order valence-corrected chi connectivity index (χ0v) is 11.7. The highest BCUT2D eigenvalue weighted by Gasteiger charge is 2.15. The summed E-state index contributed by atoms with van der Waals surface area (Å²) in [6, 6.07) is 0. The molecule has 0 unspecified atom stereocenters. The summed E-state index contributed by atoms with van der Waals surface area (Å²) in [4.78, 5) is 13.6. The van der Waals surface area contributed by atoms with E-state index >= 15 is 0 Å². The molecule has 0 radical (unpaired) electrons. The number of carbonyl (C=O) groups is 1. The van der Waals surface area contributed by atoms with Crippen LogP contribution in [0.2, 0.25) is 0 Å². The van der Waals surface area contributed by atoms with Crippen molar-refractivity contribution in [1.29, 1.82) is 0 Å². The first-order chi connectivity index (χ1) is 7.26. The van der Waals surface area contributed by atoms with Crippen LogP contribution in [0.25, 0.3) is 0 Å². The van der Waals surface area contributed by atoms with Crippen LogP contribution in [-0.2, 0) is 4.79 Å². The van der Waals surface area contributed by atoms with Gasteiger partial charge in [0.15, 0.2) is 0 Å². The summed E-state index contributed by atoms with van der Waals surface area (Å²) in [5.74, 6) is 1.46. The maximum Gasteiger partial charge on any atom is 0.232 e. The van der Waals surface area contributed by atoms with Crippen molar-refractivity contribution in [2.24, 2.45) is 5.73 Å². The Morgan fingerprint density at radius 3 is 2.44 bits per heavy atom. The first-order valence-electron chi connectivity index (χ1n) is 5.55. The van der Waals surface area contributed by atoms with Gasteiger partial charge in [0, 0.05) is 24.4 Å². The van der Waals surface area contributed by atoms with E-state index in [9.17, 15) is 4.79 Å². The molecule has 0 aliphatic rings. The van der Waals surface area contributed by atoms with Gasteiger partial charge in [-0.25, -0.2) is 0 Å². The normalized spacial score (nSPS) is 11.3. The molecular weight excluding hydrogens is 220 g/mol. The van der Waals surface area contributed by atoms with E-state index in [4.69, 9.17) is 5.73 Å². The Balaban J connectivity index is 3.98. The van der Waals surface area contributed by atoms with Gasteiger partial charge in [-0.05, 0) is 27.7 Å². The van der Waals surface area contributed by atoms with Gasteiger partial charge >= 0.3 is 0 Å². The summed E-state index contributed by atoms with van der Waals surface area (Å²) >= 11 is 1.59. The highest BCUT2D eigenvalue weighted by Crippen LogP contribution is 2.11. The fourth-order valence-corrected chi connectivity index (χ4v) is 2.18. The van der Waals surface area contributed by atoms with E-state index in [0.29, 0.717) is 12.3 Å². The topological polar surface area (TPSA) is 46.3 Å². The molecular formula is C12H24N2OS. The van der Waals surface area contributed by atoms with E-state index in [1.165, 1.54) is 0 Å². The molecule has 0 atom stereocenters. The first kappa shape index (κ1) is 15.5. The predicted octanol–water partition coefficient (Wildman–Crippen LogP) is 1.88. The summed E-state index contributed by atoms with van der Waals surface area (Å²) in [6.07, 6.45) is 0. The molecule has 0 aliphatic carbocycles. The lowest BCUT2D eigenvalue weighted by Crippen LogP contribution is -2.37. The zero-order chi connectivity index (χ0) is 12.8. The van der Waals surface area contributed by atoms with Crippen LogP contribution >= 0.6 is 11.8 Å². The monoisotopic (exact) mass is 244 g/mol. The van der Waals surface area contributed by atoms with Gasteiger partial charge in [-0.3, -0.25) is 4.79 Å². The molecule has 0 spiro atoms. The van der Waals surface area contributed by atoms with Crippen molar-refractivity contribution >= 4 is 17.7 Å². The molecule has 0 aromatic heterocycles. The maximum atomic E-state index is 11.8. The second kappa shape index (κ2) is 6.97.